The van der Waals surface area contributed by atoms with Gasteiger partial charge >= 0.3 is 5.69 Å². The fourth-order valence-corrected chi connectivity index (χ4v) is 2.08. The molecule has 20 heavy (non-hydrogen) atoms. The number of aromatic nitrogens is 2. The number of para-hydroxylation sites is 1. The van der Waals surface area contributed by atoms with E-state index in [0.717, 1.165) is 17.5 Å². The molecule has 1 atom stereocenters. The number of nitrogen functional groups attached to an aromatic ring is 1. The molecule has 1 aliphatic rings. The van der Waals surface area contributed by atoms with Crippen LogP contribution >= 0.6 is 0 Å². The Bertz CT molecular complexity index is 676. The Morgan fingerprint density at radius 3 is 3.05 bits per heavy atom. The predicted octanol–water partition coefficient (Wildman–Crippen LogP) is 1.51. The summed E-state index contributed by atoms with van der Waals surface area (Å²) in [5.74, 6) is 0.827. The van der Waals surface area contributed by atoms with Crippen LogP contribution in [0.4, 0.5) is 17.5 Å². The summed E-state index contributed by atoms with van der Waals surface area (Å²) in [4.78, 5) is 17.9. The third kappa shape index (κ3) is 2.07. The number of ether oxygens (including phenoxy) is 1. The van der Waals surface area contributed by atoms with E-state index in [1.165, 1.54) is 0 Å². The van der Waals surface area contributed by atoms with Crippen molar-refractivity contribution in [3.05, 3.63) is 46.1 Å². The molecule has 0 radical (unpaired) electrons. The quantitative estimate of drug-likeness (QED) is 0.643. The summed E-state index contributed by atoms with van der Waals surface area (Å²) in [7, 11) is 0. The third-order valence-corrected chi connectivity index (χ3v) is 3.00. The van der Waals surface area contributed by atoms with Gasteiger partial charge in [0.15, 0.2) is 0 Å². The smallest absolute Gasteiger partial charge is 0.329 e. The summed E-state index contributed by atoms with van der Waals surface area (Å²) in [5.41, 5.74) is 6.19. The zero-order valence-corrected chi connectivity index (χ0v) is 10.3. The van der Waals surface area contributed by atoms with Gasteiger partial charge in [-0.2, -0.15) is 4.98 Å². The van der Waals surface area contributed by atoms with Crippen LogP contribution in [-0.4, -0.2) is 21.5 Å². The fraction of sp³-hybridized carbons (Fsp3) is 0.167. The first-order valence-electron chi connectivity index (χ1n) is 5.90. The number of hydrogen-bond acceptors (Lipinski definition) is 7. The van der Waals surface area contributed by atoms with E-state index in [1.54, 1.807) is 0 Å². The van der Waals surface area contributed by atoms with E-state index in [1.807, 2.05) is 24.3 Å². The maximum absolute atomic E-state index is 11.0. The van der Waals surface area contributed by atoms with Crippen molar-refractivity contribution in [2.45, 2.75) is 6.04 Å². The topological polar surface area (TPSA) is 116 Å². The van der Waals surface area contributed by atoms with Crippen molar-refractivity contribution in [2.75, 3.05) is 17.7 Å². The van der Waals surface area contributed by atoms with Crippen molar-refractivity contribution in [1.29, 1.82) is 0 Å². The molecule has 2 aromatic rings. The molecular weight excluding hydrogens is 262 g/mol. The normalized spacial score (nSPS) is 16.3. The molecule has 0 spiro atoms. The molecule has 1 aromatic carbocycles. The second-order valence-electron chi connectivity index (χ2n) is 4.26. The molecule has 0 saturated heterocycles. The predicted molar refractivity (Wildman–Crippen MR) is 71.4 cm³/mol. The van der Waals surface area contributed by atoms with E-state index < -0.39 is 4.92 Å². The van der Waals surface area contributed by atoms with Gasteiger partial charge in [0, 0.05) is 5.56 Å². The number of benzene rings is 1. The van der Waals surface area contributed by atoms with Crippen LogP contribution in [0.3, 0.4) is 0 Å². The summed E-state index contributed by atoms with van der Waals surface area (Å²) < 4.78 is 5.51. The van der Waals surface area contributed by atoms with Crippen molar-refractivity contribution < 1.29 is 9.66 Å². The van der Waals surface area contributed by atoms with E-state index in [2.05, 4.69) is 15.3 Å². The molecule has 2 heterocycles. The van der Waals surface area contributed by atoms with E-state index >= 15 is 0 Å². The van der Waals surface area contributed by atoms with Crippen LogP contribution in [0.25, 0.3) is 0 Å². The van der Waals surface area contributed by atoms with Gasteiger partial charge in [0.2, 0.25) is 11.8 Å². The molecule has 8 nitrogen and oxygen atoms in total. The minimum absolute atomic E-state index is 0.0229. The highest BCUT2D eigenvalue weighted by Gasteiger charge is 2.27. The standard InChI is InChI=1S/C12H11N5O3/c13-12-14-5-9(17(18)19)11(16-12)15-8-6-20-10-4-2-1-3-7(8)10/h1-5,8H,6H2,(H3,13,14,15,16). The van der Waals surface area contributed by atoms with Gasteiger partial charge in [-0.3, -0.25) is 10.1 Å². The van der Waals surface area contributed by atoms with Crippen molar-refractivity contribution >= 4 is 17.5 Å². The van der Waals surface area contributed by atoms with Crippen molar-refractivity contribution in [2.24, 2.45) is 0 Å². The molecule has 1 aliphatic heterocycles. The van der Waals surface area contributed by atoms with Crippen molar-refractivity contribution in [3.63, 3.8) is 0 Å². The lowest BCUT2D eigenvalue weighted by atomic mass is 10.1. The second kappa shape index (κ2) is 4.65. The number of nitrogens with zero attached hydrogens (tertiary/aromatic N) is 3. The van der Waals surface area contributed by atoms with Crippen molar-refractivity contribution in [1.82, 2.24) is 9.97 Å². The molecule has 0 saturated carbocycles. The second-order valence-corrected chi connectivity index (χ2v) is 4.26. The Kier molecular flexibility index (Phi) is 2.82. The molecule has 3 rings (SSSR count). The number of rotatable bonds is 3. The van der Waals surface area contributed by atoms with Gasteiger partial charge in [0.25, 0.3) is 0 Å². The van der Waals surface area contributed by atoms with Crippen LogP contribution in [0.1, 0.15) is 11.6 Å². The highest BCUT2D eigenvalue weighted by atomic mass is 16.6. The first-order chi connectivity index (χ1) is 9.65. The van der Waals surface area contributed by atoms with Crippen LogP contribution in [-0.2, 0) is 0 Å². The average Bonchev–Trinajstić information content (AvgIpc) is 2.82. The summed E-state index contributed by atoms with van der Waals surface area (Å²) in [5, 5.41) is 14.0. The minimum Gasteiger partial charge on any atom is -0.491 e. The Morgan fingerprint density at radius 1 is 1.45 bits per heavy atom. The Morgan fingerprint density at radius 2 is 2.25 bits per heavy atom. The number of nitrogens with one attached hydrogen (secondary N) is 1. The van der Waals surface area contributed by atoms with Crippen LogP contribution in [0.15, 0.2) is 30.5 Å². The lowest BCUT2D eigenvalue weighted by Crippen LogP contribution is -2.15. The van der Waals surface area contributed by atoms with Gasteiger partial charge in [-0.1, -0.05) is 18.2 Å². The molecule has 1 aromatic heterocycles. The molecule has 0 amide bonds. The molecule has 8 heteroatoms. The average molecular weight is 273 g/mol. The molecule has 3 N–H and O–H groups in total. The zero-order valence-electron chi connectivity index (χ0n) is 10.3. The third-order valence-electron chi connectivity index (χ3n) is 3.00. The SMILES string of the molecule is Nc1ncc([N+](=O)[O-])c(NC2COc3ccccc32)n1. The highest BCUT2D eigenvalue weighted by molar-refractivity contribution is 5.58. The molecule has 1 unspecified atom stereocenters. The van der Waals surface area contributed by atoms with Crippen molar-refractivity contribution in [3.8, 4) is 5.75 Å². The summed E-state index contributed by atoms with van der Waals surface area (Å²) in [6.45, 7) is 0.375. The number of fused-ring (bicyclic) bond motifs is 1. The molecule has 0 bridgehead atoms. The summed E-state index contributed by atoms with van der Waals surface area (Å²) >= 11 is 0. The number of hydrogen-bond donors (Lipinski definition) is 2. The van der Waals surface area contributed by atoms with Crippen LogP contribution in [0.5, 0.6) is 5.75 Å². The number of nitro groups is 1. The van der Waals surface area contributed by atoms with Gasteiger partial charge in [0.1, 0.15) is 18.6 Å². The summed E-state index contributed by atoms with van der Waals surface area (Å²) in [6.07, 6.45) is 1.09. The zero-order chi connectivity index (χ0) is 14.1. The minimum atomic E-state index is -0.552. The maximum Gasteiger partial charge on any atom is 0.329 e. The number of anilines is 2. The lowest BCUT2D eigenvalue weighted by molar-refractivity contribution is -0.384. The van der Waals surface area contributed by atoms with E-state index in [0.29, 0.717) is 6.61 Å². The monoisotopic (exact) mass is 273 g/mol. The van der Waals surface area contributed by atoms with Gasteiger partial charge in [-0.25, -0.2) is 4.98 Å². The fourth-order valence-electron chi connectivity index (χ4n) is 2.08. The van der Waals surface area contributed by atoms with Gasteiger partial charge in [0.05, 0.1) is 11.0 Å². The highest BCUT2D eigenvalue weighted by Crippen LogP contribution is 2.35. The molecule has 0 aliphatic carbocycles. The Hall–Kier alpha value is -2.90. The first kappa shape index (κ1) is 12.2. The first-order valence-corrected chi connectivity index (χ1v) is 5.90. The lowest BCUT2D eigenvalue weighted by Gasteiger charge is -2.12. The maximum atomic E-state index is 11.0. The van der Waals surface area contributed by atoms with Gasteiger partial charge < -0.3 is 15.8 Å². The Labute approximate surface area is 113 Å². The molecular formula is C12H11N5O3. The van der Waals surface area contributed by atoms with Crippen LogP contribution < -0.4 is 15.8 Å². The van der Waals surface area contributed by atoms with Gasteiger partial charge in [-0.05, 0) is 6.07 Å². The van der Waals surface area contributed by atoms with E-state index in [4.69, 9.17) is 10.5 Å². The van der Waals surface area contributed by atoms with Gasteiger partial charge in [-0.15, -0.1) is 0 Å². The van der Waals surface area contributed by atoms with Crippen LogP contribution in [0.2, 0.25) is 0 Å². The largest absolute Gasteiger partial charge is 0.491 e. The van der Waals surface area contributed by atoms with E-state index in [9.17, 15) is 10.1 Å². The number of nitrogens with two attached hydrogens (primary N) is 1. The van der Waals surface area contributed by atoms with Crippen LogP contribution in [0, 0.1) is 10.1 Å². The summed E-state index contributed by atoms with van der Waals surface area (Å²) in [6, 6.07) is 7.28. The van der Waals surface area contributed by atoms with E-state index in [-0.39, 0.29) is 23.5 Å². The molecule has 102 valence electrons. The molecule has 0 fully saturated rings. The Balaban J connectivity index is 1.93.